The van der Waals surface area contributed by atoms with Gasteiger partial charge in [-0.3, -0.25) is 14.6 Å². The van der Waals surface area contributed by atoms with Gasteiger partial charge in [0.2, 0.25) is 0 Å². The van der Waals surface area contributed by atoms with Crippen molar-refractivity contribution in [3.63, 3.8) is 0 Å². The van der Waals surface area contributed by atoms with Crippen LogP contribution in [0.25, 0.3) is 0 Å². The lowest BCUT2D eigenvalue weighted by Crippen LogP contribution is -2.56. The average Bonchev–Trinajstić information content (AvgIpc) is 2.92. The van der Waals surface area contributed by atoms with E-state index in [1.165, 1.54) is 11.8 Å². The first-order valence-corrected chi connectivity index (χ1v) is 7.56. The second kappa shape index (κ2) is 8.88. The second-order valence-corrected chi connectivity index (χ2v) is 5.59. The van der Waals surface area contributed by atoms with Gasteiger partial charge >= 0.3 is 6.18 Å². The standard InChI is InChI=1S/C14H23F3N6.HI/c1-11(14(15,16)17)22-6-8-23(9-7-22)13(18-2)19-10-12-4-5-20-21(12)3;/h4-5,11H,6-10H2,1-3H3,(H,18,19);1H. The lowest BCUT2D eigenvalue weighted by atomic mass is 10.2. The third-order valence-corrected chi connectivity index (χ3v) is 4.20. The number of aromatic nitrogens is 2. The number of aliphatic imine (C=N–C) groups is 1. The molecule has 0 aliphatic carbocycles. The fraction of sp³-hybridized carbons (Fsp3) is 0.714. The fourth-order valence-corrected chi connectivity index (χ4v) is 2.60. The van der Waals surface area contributed by atoms with Crippen molar-refractivity contribution in [2.24, 2.45) is 12.0 Å². The van der Waals surface area contributed by atoms with Crippen molar-refractivity contribution >= 4 is 29.9 Å². The summed E-state index contributed by atoms with van der Waals surface area (Å²) in [5.74, 6) is 0.700. The van der Waals surface area contributed by atoms with Crippen molar-refractivity contribution in [2.75, 3.05) is 33.2 Å². The van der Waals surface area contributed by atoms with Crippen LogP contribution in [0.4, 0.5) is 13.2 Å². The molecule has 10 heteroatoms. The Hall–Kier alpha value is -1.04. The summed E-state index contributed by atoms with van der Waals surface area (Å²) < 4.78 is 40.1. The maximum atomic E-state index is 12.8. The molecule has 0 aromatic carbocycles. The van der Waals surface area contributed by atoms with Crippen molar-refractivity contribution < 1.29 is 13.2 Å². The van der Waals surface area contributed by atoms with Crippen LogP contribution in [0, 0.1) is 0 Å². The zero-order valence-electron chi connectivity index (χ0n) is 14.0. The van der Waals surface area contributed by atoms with Crippen molar-refractivity contribution in [3.8, 4) is 0 Å². The molecule has 0 saturated carbocycles. The summed E-state index contributed by atoms with van der Waals surface area (Å²) in [6, 6.07) is 0.498. The predicted molar refractivity (Wildman–Crippen MR) is 97.5 cm³/mol. The lowest BCUT2D eigenvalue weighted by Gasteiger charge is -2.39. The molecule has 1 aromatic heterocycles. The zero-order chi connectivity index (χ0) is 17.0. The number of hydrogen-bond donors (Lipinski definition) is 1. The first-order chi connectivity index (χ1) is 10.8. The molecule has 1 fully saturated rings. The summed E-state index contributed by atoms with van der Waals surface area (Å²) in [7, 11) is 3.54. The Morgan fingerprint density at radius 3 is 2.42 bits per heavy atom. The van der Waals surface area contributed by atoms with Crippen LogP contribution < -0.4 is 5.32 Å². The molecule has 1 unspecified atom stereocenters. The van der Waals surface area contributed by atoms with Gasteiger partial charge in [0.15, 0.2) is 5.96 Å². The van der Waals surface area contributed by atoms with Crippen molar-refractivity contribution in [3.05, 3.63) is 18.0 Å². The molecule has 6 nitrogen and oxygen atoms in total. The Balaban J connectivity index is 0.00000288. The molecule has 1 aromatic rings. The Bertz CT molecular complexity index is 537. The van der Waals surface area contributed by atoms with Gasteiger partial charge in [-0.2, -0.15) is 18.3 Å². The Labute approximate surface area is 157 Å². The highest BCUT2D eigenvalue weighted by Gasteiger charge is 2.41. The molecule has 0 radical (unpaired) electrons. The van der Waals surface area contributed by atoms with Gasteiger partial charge in [0.05, 0.1) is 12.2 Å². The van der Waals surface area contributed by atoms with E-state index in [4.69, 9.17) is 0 Å². The monoisotopic (exact) mass is 460 g/mol. The minimum atomic E-state index is -4.18. The van der Waals surface area contributed by atoms with Crippen LogP contribution in [0.5, 0.6) is 0 Å². The molecule has 2 heterocycles. The second-order valence-electron chi connectivity index (χ2n) is 5.59. The molecular formula is C14H24F3IN6. The van der Waals surface area contributed by atoms with Gasteiger partial charge in [0.1, 0.15) is 6.04 Å². The van der Waals surface area contributed by atoms with E-state index >= 15 is 0 Å². The molecule has 1 aliphatic heterocycles. The van der Waals surface area contributed by atoms with E-state index in [1.807, 2.05) is 18.0 Å². The van der Waals surface area contributed by atoms with Crippen molar-refractivity contribution in [1.82, 2.24) is 24.9 Å². The summed E-state index contributed by atoms with van der Waals surface area (Å²) >= 11 is 0. The molecule has 0 spiro atoms. The van der Waals surface area contributed by atoms with Crippen LogP contribution in [0.3, 0.4) is 0 Å². The van der Waals surface area contributed by atoms with Gasteiger partial charge in [-0.25, -0.2) is 0 Å². The first-order valence-electron chi connectivity index (χ1n) is 7.56. The van der Waals surface area contributed by atoms with E-state index < -0.39 is 12.2 Å². The summed E-state index contributed by atoms with van der Waals surface area (Å²) in [4.78, 5) is 7.67. The summed E-state index contributed by atoms with van der Waals surface area (Å²) in [5.41, 5.74) is 1.01. The van der Waals surface area contributed by atoms with Crippen LogP contribution in [0.2, 0.25) is 0 Å². The maximum Gasteiger partial charge on any atom is 0.403 e. The number of guanidine groups is 1. The van der Waals surface area contributed by atoms with Gasteiger partial charge in [0.25, 0.3) is 0 Å². The van der Waals surface area contributed by atoms with E-state index in [1.54, 1.807) is 17.9 Å². The maximum absolute atomic E-state index is 12.8. The number of rotatable bonds is 3. The van der Waals surface area contributed by atoms with Gasteiger partial charge < -0.3 is 10.2 Å². The number of piperazine rings is 1. The normalized spacial score (nSPS) is 18.2. The summed E-state index contributed by atoms with van der Waals surface area (Å²) in [5, 5.41) is 7.33. The first kappa shape index (κ1) is 21.0. The highest BCUT2D eigenvalue weighted by atomic mass is 127. The van der Waals surface area contributed by atoms with Crippen LogP contribution in [-0.2, 0) is 13.6 Å². The number of nitrogens with one attached hydrogen (secondary N) is 1. The predicted octanol–water partition coefficient (Wildman–Crippen LogP) is 1.68. The molecule has 24 heavy (non-hydrogen) atoms. The van der Waals surface area contributed by atoms with E-state index in [0.717, 1.165) is 5.69 Å². The Morgan fingerprint density at radius 2 is 1.96 bits per heavy atom. The molecule has 0 bridgehead atoms. The van der Waals surface area contributed by atoms with E-state index in [9.17, 15) is 13.2 Å². The number of hydrogen-bond acceptors (Lipinski definition) is 3. The molecule has 2 rings (SSSR count). The molecule has 1 atom stereocenters. The number of aryl methyl sites for hydroxylation is 1. The van der Waals surface area contributed by atoms with Crippen molar-refractivity contribution in [2.45, 2.75) is 25.7 Å². The van der Waals surface area contributed by atoms with Crippen LogP contribution >= 0.6 is 24.0 Å². The fourth-order valence-electron chi connectivity index (χ4n) is 2.60. The summed E-state index contributed by atoms with van der Waals surface area (Å²) in [6.07, 6.45) is -2.46. The third kappa shape index (κ3) is 5.23. The Morgan fingerprint density at radius 1 is 1.33 bits per heavy atom. The SMILES string of the molecule is CN=C(NCc1ccnn1C)N1CCN(C(C)C(F)(F)F)CC1.I. The molecule has 138 valence electrons. The van der Waals surface area contributed by atoms with E-state index in [-0.39, 0.29) is 24.0 Å². The number of nitrogens with zero attached hydrogens (tertiary/aromatic N) is 5. The van der Waals surface area contributed by atoms with Gasteiger partial charge in [-0.05, 0) is 13.0 Å². The quantitative estimate of drug-likeness (QED) is 0.424. The van der Waals surface area contributed by atoms with Crippen molar-refractivity contribution in [1.29, 1.82) is 0 Å². The highest BCUT2D eigenvalue weighted by molar-refractivity contribution is 14.0. The topological polar surface area (TPSA) is 48.7 Å². The summed E-state index contributed by atoms with van der Waals surface area (Å²) in [6.45, 7) is 3.56. The van der Waals surface area contributed by atoms with Crippen LogP contribution in [0.15, 0.2) is 17.3 Å². The lowest BCUT2D eigenvalue weighted by molar-refractivity contribution is -0.181. The highest BCUT2D eigenvalue weighted by Crippen LogP contribution is 2.25. The molecule has 1 saturated heterocycles. The van der Waals surface area contributed by atoms with Gasteiger partial charge in [-0.1, -0.05) is 0 Å². The average molecular weight is 460 g/mol. The number of halogens is 4. The third-order valence-electron chi connectivity index (χ3n) is 4.20. The van der Waals surface area contributed by atoms with E-state index in [2.05, 4.69) is 15.4 Å². The number of alkyl halides is 3. The largest absolute Gasteiger partial charge is 0.403 e. The smallest absolute Gasteiger partial charge is 0.351 e. The minimum absolute atomic E-state index is 0. The molecule has 1 N–H and O–H groups in total. The van der Waals surface area contributed by atoms with Gasteiger partial charge in [0, 0.05) is 46.5 Å². The Kier molecular flexibility index (Phi) is 7.77. The molecular weight excluding hydrogens is 436 g/mol. The molecule has 1 aliphatic rings. The van der Waals surface area contributed by atoms with Gasteiger partial charge in [-0.15, -0.1) is 24.0 Å². The van der Waals surface area contributed by atoms with Crippen LogP contribution in [0.1, 0.15) is 12.6 Å². The van der Waals surface area contributed by atoms with E-state index in [0.29, 0.717) is 38.7 Å². The van der Waals surface area contributed by atoms with Crippen LogP contribution in [-0.4, -0.2) is 71.0 Å². The minimum Gasteiger partial charge on any atom is -0.351 e. The molecule has 0 amide bonds. The zero-order valence-corrected chi connectivity index (χ0v) is 16.4.